The predicted octanol–water partition coefficient (Wildman–Crippen LogP) is 2.29. The Morgan fingerprint density at radius 2 is 1.66 bits per heavy atom. The topological polar surface area (TPSA) is 137 Å². The van der Waals surface area contributed by atoms with Crippen LogP contribution in [0, 0.1) is 11.3 Å². The van der Waals surface area contributed by atoms with Crippen molar-refractivity contribution in [2.24, 2.45) is 11.3 Å². The molecular formula is C25H31NO9. The normalized spacial score (nSPS) is 25.1. The van der Waals surface area contributed by atoms with Gasteiger partial charge in [0, 0.05) is 5.92 Å². The molecule has 0 aromatic heterocycles. The van der Waals surface area contributed by atoms with Gasteiger partial charge in [0.25, 0.3) is 5.91 Å². The average Bonchev–Trinajstić information content (AvgIpc) is 3.04. The Labute approximate surface area is 203 Å². The molecule has 0 unspecified atom stereocenters. The minimum atomic E-state index is -2.57. The zero-order chi connectivity index (χ0) is 26.2. The monoisotopic (exact) mass is 489 g/mol. The number of ether oxygens (including phenoxy) is 3. The SMILES string of the molecule is CCOC(=O)C1(C(=O)OCC)[C@@H](C=O)CC[C@H](O)[C@@]12C(=O)N(C(=O)OC(C)(C)C)c1ccccc12. The maximum absolute atomic E-state index is 14.3. The fraction of sp³-hybridized carbons (Fsp3) is 0.560. The van der Waals surface area contributed by atoms with Crippen LogP contribution in [0.4, 0.5) is 10.5 Å². The van der Waals surface area contributed by atoms with Crippen LogP contribution in [0.2, 0.25) is 0 Å². The number of para-hydroxylation sites is 1. The predicted molar refractivity (Wildman–Crippen MR) is 122 cm³/mol. The largest absolute Gasteiger partial charge is 0.465 e. The van der Waals surface area contributed by atoms with Gasteiger partial charge in [0.15, 0.2) is 5.41 Å². The van der Waals surface area contributed by atoms with Crippen LogP contribution in [-0.2, 0) is 38.8 Å². The molecule has 1 spiro atoms. The van der Waals surface area contributed by atoms with Crippen LogP contribution in [0.15, 0.2) is 24.3 Å². The van der Waals surface area contributed by atoms with Gasteiger partial charge in [-0.25, -0.2) is 9.69 Å². The smallest absolute Gasteiger partial charge is 0.421 e. The first kappa shape index (κ1) is 26.3. The summed E-state index contributed by atoms with van der Waals surface area (Å²) in [5, 5.41) is 11.5. The molecule has 2 amide bonds. The highest BCUT2D eigenvalue weighted by Crippen LogP contribution is 2.61. The number of aliphatic hydroxyl groups excluding tert-OH is 1. The number of carbonyl (C=O) groups excluding carboxylic acids is 5. The Bertz CT molecular complexity index is 1030. The van der Waals surface area contributed by atoms with E-state index in [-0.39, 0.29) is 37.3 Å². The Morgan fingerprint density at radius 1 is 1.09 bits per heavy atom. The Hall–Kier alpha value is -3.27. The third-order valence-corrected chi connectivity index (χ3v) is 6.47. The summed E-state index contributed by atoms with van der Waals surface area (Å²) in [5.41, 5.74) is -5.82. The molecule has 1 heterocycles. The quantitative estimate of drug-likeness (QED) is 0.286. The number of rotatable bonds is 5. The second-order valence-electron chi connectivity index (χ2n) is 9.53. The molecule has 190 valence electrons. The van der Waals surface area contributed by atoms with Crippen LogP contribution >= 0.6 is 0 Å². The van der Waals surface area contributed by atoms with Gasteiger partial charge < -0.3 is 24.1 Å². The van der Waals surface area contributed by atoms with Gasteiger partial charge in [-0.15, -0.1) is 0 Å². The lowest BCUT2D eigenvalue weighted by Crippen LogP contribution is -2.71. The number of imide groups is 1. The first-order valence-electron chi connectivity index (χ1n) is 11.6. The number of aldehydes is 1. The first-order chi connectivity index (χ1) is 16.4. The van der Waals surface area contributed by atoms with Crippen LogP contribution in [-0.4, -0.2) is 60.3 Å². The highest BCUT2D eigenvalue weighted by Gasteiger charge is 2.79. The molecule has 2 aliphatic rings. The Kier molecular flexibility index (Phi) is 7.08. The van der Waals surface area contributed by atoms with E-state index in [1.807, 2.05) is 0 Å². The Morgan fingerprint density at radius 3 is 2.17 bits per heavy atom. The summed E-state index contributed by atoms with van der Waals surface area (Å²) >= 11 is 0. The van der Waals surface area contributed by atoms with Crippen molar-refractivity contribution in [1.29, 1.82) is 0 Å². The molecule has 0 radical (unpaired) electrons. The minimum Gasteiger partial charge on any atom is -0.465 e. The molecule has 3 atom stereocenters. The number of anilines is 1. The summed E-state index contributed by atoms with van der Waals surface area (Å²) in [6.07, 6.45) is -2.42. The average molecular weight is 490 g/mol. The molecule has 1 aromatic rings. The van der Waals surface area contributed by atoms with Crippen molar-refractivity contribution in [3.8, 4) is 0 Å². The summed E-state index contributed by atoms with van der Waals surface area (Å²) in [6.45, 7) is 7.55. The molecule has 35 heavy (non-hydrogen) atoms. The van der Waals surface area contributed by atoms with E-state index in [1.165, 1.54) is 26.0 Å². The van der Waals surface area contributed by atoms with Gasteiger partial charge in [-0.2, -0.15) is 0 Å². The summed E-state index contributed by atoms with van der Waals surface area (Å²) in [5.74, 6) is -4.78. The number of fused-ring (bicyclic) bond motifs is 2. The summed E-state index contributed by atoms with van der Waals surface area (Å²) in [6, 6.07) is 6.00. The third-order valence-electron chi connectivity index (χ3n) is 6.47. The number of carbonyl (C=O) groups is 5. The van der Waals surface area contributed by atoms with Crippen molar-refractivity contribution in [3.05, 3.63) is 29.8 Å². The van der Waals surface area contributed by atoms with E-state index in [1.54, 1.807) is 32.9 Å². The summed E-state index contributed by atoms with van der Waals surface area (Å²) in [7, 11) is 0. The maximum atomic E-state index is 14.3. The van der Waals surface area contributed by atoms with Crippen molar-refractivity contribution in [1.82, 2.24) is 0 Å². The molecule has 0 saturated heterocycles. The van der Waals surface area contributed by atoms with Gasteiger partial charge in [0.2, 0.25) is 0 Å². The molecule has 0 bridgehead atoms. The standard InChI is InChI=1S/C25H31NO9/c1-6-33-20(30)24(21(31)34-7-2)15(14-27)12-13-18(28)25(24)16-10-8-9-11-17(16)26(19(25)29)22(32)35-23(3,4)5/h8-11,14-15,18,28H,6-7,12-13H2,1-5H3/t15-,18+,25+/m1/s1. The zero-order valence-corrected chi connectivity index (χ0v) is 20.5. The molecule has 10 heteroatoms. The van der Waals surface area contributed by atoms with Crippen molar-refractivity contribution >= 4 is 35.9 Å². The molecule has 1 aliphatic heterocycles. The van der Waals surface area contributed by atoms with E-state index in [0.29, 0.717) is 11.2 Å². The van der Waals surface area contributed by atoms with Crippen molar-refractivity contribution in [2.45, 2.75) is 64.6 Å². The molecule has 1 aliphatic carbocycles. The van der Waals surface area contributed by atoms with E-state index in [9.17, 15) is 29.1 Å². The van der Waals surface area contributed by atoms with E-state index in [2.05, 4.69) is 0 Å². The van der Waals surface area contributed by atoms with Crippen LogP contribution in [0.1, 0.15) is 53.0 Å². The Balaban J connectivity index is 2.43. The number of benzene rings is 1. The number of hydrogen-bond donors (Lipinski definition) is 1. The number of aliphatic hydroxyl groups is 1. The van der Waals surface area contributed by atoms with Gasteiger partial charge in [-0.05, 0) is 59.1 Å². The van der Waals surface area contributed by atoms with Gasteiger partial charge in [0.1, 0.15) is 17.3 Å². The minimum absolute atomic E-state index is 0.0373. The van der Waals surface area contributed by atoms with Crippen molar-refractivity contribution < 1.29 is 43.3 Å². The molecule has 3 rings (SSSR count). The van der Waals surface area contributed by atoms with E-state index in [0.717, 1.165) is 0 Å². The highest BCUT2D eigenvalue weighted by molar-refractivity contribution is 6.26. The molecule has 1 N–H and O–H groups in total. The molecular weight excluding hydrogens is 458 g/mol. The molecule has 10 nitrogen and oxygen atoms in total. The van der Waals surface area contributed by atoms with E-state index < -0.39 is 52.4 Å². The molecule has 1 fully saturated rings. The third kappa shape index (κ3) is 3.71. The number of hydrogen-bond acceptors (Lipinski definition) is 9. The van der Waals surface area contributed by atoms with Crippen LogP contribution < -0.4 is 4.90 Å². The van der Waals surface area contributed by atoms with Crippen molar-refractivity contribution in [3.63, 3.8) is 0 Å². The lowest BCUT2D eigenvalue weighted by Gasteiger charge is -2.51. The summed E-state index contributed by atoms with van der Waals surface area (Å²) < 4.78 is 16.0. The van der Waals surface area contributed by atoms with Gasteiger partial charge >= 0.3 is 18.0 Å². The zero-order valence-electron chi connectivity index (χ0n) is 20.5. The van der Waals surface area contributed by atoms with Crippen LogP contribution in [0.5, 0.6) is 0 Å². The highest BCUT2D eigenvalue weighted by atomic mass is 16.6. The maximum Gasteiger partial charge on any atom is 0.421 e. The van der Waals surface area contributed by atoms with E-state index >= 15 is 0 Å². The van der Waals surface area contributed by atoms with Gasteiger partial charge in [-0.3, -0.25) is 14.4 Å². The fourth-order valence-electron chi connectivity index (χ4n) is 5.29. The number of nitrogens with zero attached hydrogens (tertiary/aromatic N) is 1. The molecule has 1 aromatic carbocycles. The van der Waals surface area contributed by atoms with Crippen LogP contribution in [0.25, 0.3) is 0 Å². The lowest BCUT2D eigenvalue weighted by molar-refractivity contribution is -0.198. The summed E-state index contributed by atoms with van der Waals surface area (Å²) in [4.78, 5) is 68.0. The van der Waals surface area contributed by atoms with Gasteiger partial charge in [-0.1, -0.05) is 18.2 Å². The second-order valence-corrected chi connectivity index (χ2v) is 9.53. The number of esters is 2. The lowest BCUT2D eigenvalue weighted by atomic mass is 9.48. The van der Waals surface area contributed by atoms with Gasteiger partial charge in [0.05, 0.1) is 25.0 Å². The molecule has 1 saturated carbocycles. The number of amides is 2. The fourth-order valence-corrected chi connectivity index (χ4v) is 5.29. The second kappa shape index (κ2) is 9.41. The van der Waals surface area contributed by atoms with E-state index in [4.69, 9.17) is 14.2 Å². The van der Waals surface area contributed by atoms with Crippen molar-refractivity contribution in [2.75, 3.05) is 18.1 Å². The van der Waals surface area contributed by atoms with Crippen LogP contribution in [0.3, 0.4) is 0 Å². The first-order valence-corrected chi connectivity index (χ1v) is 11.6.